The van der Waals surface area contributed by atoms with Gasteiger partial charge in [-0.25, -0.2) is 18.7 Å². The number of rotatable bonds is 3. The molecule has 3 rings (SSSR count). The smallest absolute Gasteiger partial charge is 0.431 e. The summed E-state index contributed by atoms with van der Waals surface area (Å²) in [4.78, 5) is 23.6. The molecule has 0 radical (unpaired) electrons. The number of pyridine rings is 1. The third-order valence-corrected chi connectivity index (χ3v) is 3.43. The highest BCUT2D eigenvalue weighted by Crippen LogP contribution is 2.29. The molecule has 1 N–H and O–H groups in total. The van der Waals surface area contributed by atoms with Crippen molar-refractivity contribution in [3.8, 4) is 0 Å². The molecule has 0 aliphatic rings. The lowest BCUT2D eigenvalue weighted by Gasteiger charge is -2.08. The number of carboxylic acid groups (broad SMARTS) is 1. The highest BCUT2D eigenvalue weighted by Gasteiger charge is 2.36. The molecule has 0 bridgehead atoms. The van der Waals surface area contributed by atoms with Crippen molar-refractivity contribution in [2.75, 3.05) is 0 Å². The van der Waals surface area contributed by atoms with Crippen LogP contribution in [0.25, 0.3) is 5.65 Å². The van der Waals surface area contributed by atoms with Crippen molar-refractivity contribution >= 4 is 11.6 Å². The Hall–Kier alpha value is -3.10. The van der Waals surface area contributed by atoms with Gasteiger partial charge in [0.05, 0.1) is 6.54 Å². The number of alkyl halides is 3. The number of halogens is 3. The predicted octanol–water partition coefficient (Wildman–Crippen LogP) is 2.26. The number of carbonyl (C=O) groups is 1. The molecule has 6 nitrogen and oxygen atoms in total. The van der Waals surface area contributed by atoms with E-state index in [1.54, 1.807) is 30.3 Å². The van der Waals surface area contributed by atoms with Gasteiger partial charge in [-0.3, -0.25) is 0 Å². The molecular weight excluding hydrogens is 327 g/mol. The fraction of sp³-hybridized carbons (Fsp3) is 0.133. The van der Waals surface area contributed by atoms with Crippen LogP contribution in [0.5, 0.6) is 0 Å². The van der Waals surface area contributed by atoms with Crippen LogP contribution in [0.15, 0.2) is 47.3 Å². The van der Waals surface area contributed by atoms with Gasteiger partial charge in [0.15, 0.2) is 5.65 Å². The number of fused-ring (bicyclic) bond motifs is 1. The molecule has 2 heterocycles. The molecule has 124 valence electrons. The van der Waals surface area contributed by atoms with Gasteiger partial charge in [0, 0.05) is 0 Å². The Morgan fingerprint density at radius 2 is 1.79 bits per heavy atom. The molecule has 0 saturated carbocycles. The Kier molecular flexibility index (Phi) is 3.63. The Morgan fingerprint density at radius 3 is 2.38 bits per heavy atom. The van der Waals surface area contributed by atoms with Gasteiger partial charge in [-0.1, -0.05) is 30.3 Å². The lowest BCUT2D eigenvalue weighted by Crippen LogP contribution is -2.26. The van der Waals surface area contributed by atoms with Crippen LogP contribution in [0.1, 0.15) is 21.6 Å². The van der Waals surface area contributed by atoms with Gasteiger partial charge < -0.3 is 5.11 Å². The van der Waals surface area contributed by atoms with E-state index >= 15 is 0 Å². The zero-order chi connectivity index (χ0) is 17.5. The minimum absolute atomic E-state index is 0.0717. The summed E-state index contributed by atoms with van der Waals surface area (Å²) in [6.45, 7) is -0.0717. The van der Waals surface area contributed by atoms with Crippen LogP contribution in [-0.2, 0) is 12.7 Å². The molecule has 0 spiro atoms. The summed E-state index contributed by atoms with van der Waals surface area (Å²) < 4.78 is 40.5. The van der Waals surface area contributed by atoms with E-state index in [9.17, 15) is 22.8 Å². The first kappa shape index (κ1) is 15.8. The summed E-state index contributed by atoms with van der Waals surface area (Å²) in [6, 6.07) is 9.88. The highest BCUT2D eigenvalue weighted by molar-refractivity contribution is 5.94. The normalized spacial score (nSPS) is 11.8. The molecule has 3 aromatic rings. The van der Waals surface area contributed by atoms with Gasteiger partial charge in [0.2, 0.25) is 0 Å². The Labute approximate surface area is 132 Å². The maximum absolute atomic E-state index is 13.1. The van der Waals surface area contributed by atoms with Gasteiger partial charge in [0.1, 0.15) is 11.3 Å². The third kappa shape index (κ3) is 2.64. The number of aromatic nitrogens is 3. The van der Waals surface area contributed by atoms with Crippen LogP contribution < -0.4 is 5.69 Å². The molecular formula is C15H10F3N3O3. The van der Waals surface area contributed by atoms with Crippen molar-refractivity contribution in [1.82, 2.24) is 14.2 Å². The second-order valence-corrected chi connectivity index (χ2v) is 5.02. The summed E-state index contributed by atoms with van der Waals surface area (Å²) in [5, 5.41) is 12.9. The third-order valence-electron chi connectivity index (χ3n) is 3.43. The number of nitrogens with zero attached hydrogens (tertiary/aromatic N) is 3. The fourth-order valence-electron chi connectivity index (χ4n) is 2.36. The molecule has 0 aliphatic carbocycles. The van der Waals surface area contributed by atoms with E-state index in [1.165, 1.54) is 0 Å². The van der Waals surface area contributed by atoms with E-state index in [0.717, 1.165) is 10.7 Å². The zero-order valence-corrected chi connectivity index (χ0v) is 12.0. The van der Waals surface area contributed by atoms with Crippen LogP contribution in [0.3, 0.4) is 0 Å². The van der Waals surface area contributed by atoms with E-state index in [0.29, 0.717) is 11.6 Å². The maximum Gasteiger partial charge on any atom is 0.431 e. The topological polar surface area (TPSA) is 76.6 Å². The van der Waals surface area contributed by atoms with Crippen LogP contribution in [0.2, 0.25) is 0 Å². The predicted molar refractivity (Wildman–Crippen MR) is 77.0 cm³/mol. The van der Waals surface area contributed by atoms with Crippen LogP contribution in [0.4, 0.5) is 13.2 Å². The van der Waals surface area contributed by atoms with E-state index < -0.39 is 34.7 Å². The SMILES string of the molecule is O=C(O)c1ccc(C(F)(F)F)n2c(=O)n(Cc3ccccc3)nc12. The maximum atomic E-state index is 13.1. The van der Waals surface area contributed by atoms with E-state index in [2.05, 4.69) is 5.10 Å². The van der Waals surface area contributed by atoms with Crippen molar-refractivity contribution in [2.24, 2.45) is 0 Å². The number of aromatic carboxylic acids is 1. The minimum atomic E-state index is -4.82. The standard InChI is InChI=1S/C15H10F3N3O3/c16-15(17,18)11-7-6-10(13(22)23)12-19-20(14(24)21(11)12)8-9-4-2-1-3-5-9/h1-7H,8H2,(H,22,23). The van der Waals surface area contributed by atoms with E-state index in [4.69, 9.17) is 5.11 Å². The summed E-state index contributed by atoms with van der Waals surface area (Å²) in [5.41, 5.74) is -2.70. The van der Waals surface area contributed by atoms with Gasteiger partial charge in [-0.15, -0.1) is 5.10 Å². The van der Waals surface area contributed by atoms with Crippen molar-refractivity contribution in [3.05, 3.63) is 69.8 Å². The second-order valence-electron chi connectivity index (χ2n) is 5.02. The molecule has 0 saturated heterocycles. The summed E-state index contributed by atoms with van der Waals surface area (Å²) >= 11 is 0. The van der Waals surface area contributed by atoms with Crippen LogP contribution in [-0.4, -0.2) is 25.3 Å². The lowest BCUT2D eigenvalue weighted by molar-refractivity contribution is -0.142. The molecule has 24 heavy (non-hydrogen) atoms. The van der Waals surface area contributed by atoms with Gasteiger partial charge in [-0.05, 0) is 17.7 Å². The molecule has 0 fully saturated rings. The molecule has 0 atom stereocenters. The number of benzene rings is 1. The highest BCUT2D eigenvalue weighted by atomic mass is 19.4. The Bertz CT molecular complexity index is 975. The van der Waals surface area contributed by atoms with Crippen molar-refractivity contribution in [2.45, 2.75) is 12.7 Å². The second kappa shape index (κ2) is 5.52. The molecule has 9 heteroatoms. The zero-order valence-electron chi connectivity index (χ0n) is 12.0. The van der Waals surface area contributed by atoms with Crippen LogP contribution >= 0.6 is 0 Å². The number of hydrogen-bond acceptors (Lipinski definition) is 3. The quantitative estimate of drug-likeness (QED) is 0.795. The molecule has 1 aromatic carbocycles. The number of carboxylic acids is 1. The monoisotopic (exact) mass is 337 g/mol. The van der Waals surface area contributed by atoms with Crippen LogP contribution in [0, 0.1) is 0 Å². The van der Waals surface area contributed by atoms with Gasteiger partial charge in [0.25, 0.3) is 0 Å². The van der Waals surface area contributed by atoms with Crippen molar-refractivity contribution in [1.29, 1.82) is 0 Å². The summed E-state index contributed by atoms with van der Waals surface area (Å²) in [7, 11) is 0. The minimum Gasteiger partial charge on any atom is -0.478 e. The first-order valence-corrected chi connectivity index (χ1v) is 6.76. The van der Waals surface area contributed by atoms with Crippen molar-refractivity contribution < 1.29 is 23.1 Å². The largest absolute Gasteiger partial charge is 0.478 e. The average molecular weight is 337 g/mol. The van der Waals surface area contributed by atoms with E-state index in [-0.39, 0.29) is 10.9 Å². The summed E-state index contributed by atoms with van der Waals surface area (Å²) in [6.07, 6.45) is -4.82. The summed E-state index contributed by atoms with van der Waals surface area (Å²) in [5.74, 6) is -1.47. The van der Waals surface area contributed by atoms with Crippen molar-refractivity contribution in [3.63, 3.8) is 0 Å². The number of hydrogen-bond donors (Lipinski definition) is 1. The lowest BCUT2D eigenvalue weighted by atomic mass is 10.2. The molecule has 2 aromatic heterocycles. The Morgan fingerprint density at radius 1 is 1.12 bits per heavy atom. The first-order valence-electron chi connectivity index (χ1n) is 6.76. The average Bonchev–Trinajstić information content (AvgIpc) is 2.83. The van der Waals surface area contributed by atoms with Gasteiger partial charge in [-0.2, -0.15) is 13.2 Å². The van der Waals surface area contributed by atoms with E-state index in [1.807, 2.05) is 0 Å². The molecule has 0 amide bonds. The fourth-order valence-corrected chi connectivity index (χ4v) is 2.36. The first-order chi connectivity index (χ1) is 11.3. The van der Waals surface area contributed by atoms with Gasteiger partial charge >= 0.3 is 17.8 Å². The molecule has 0 aliphatic heterocycles. The molecule has 0 unspecified atom stereocenters. The Balaban J connectivity index is 2.27.